The number of allylic oxidation sites excluding steroid dienone is 1. The van der Waals surface area contributed by atoms with Gasteiger partial charge in [0, 0.05) is 11.3 Å². The zero-order chi connectivity index (χ0) is 33.8. The molecule has 3 aromatic rings. The predicted molar refractivity (Wildman–Crippen MR) is 178 cm³/mol. The Labute approximate surface area is 278 Å². The Morgan fingerprint density at radius 1 is 0.915 bits per heavy atom. The van der Waals surface area contributed by atoms with E-state index in [0.29, 0.717) is 56.9 Å². The van der Waals surface area contributed by atoms with Crippen LogP contribution in [0.4, 0.5) is 0 Å². The van der Waals surface area contributed by atoms with E-state index in [0.717, 1.165) is 5.56 Å². The molecule has 0 spiro atoms. The SMILES string of the molecule is CCOC(=O)C1=C(C)NC(=S)N[C@H]1c1ccccc1OCC(=O)NN=Cc1ccc(OCc2ccc(C(=O)OCC)cc2)c(OC)c1. The molecule has 0 aliphatic carbocycles. The van der Waals surface area contributed by atoms with E-state index in [1.165, 1.54) is 13.3 Å². The molecule has 0 saturated carbocycles. The quantitative estimate of drug-likeness (QED) is 0.0983. The first-order chi connectivity index (χ1) is 22.7. The molecule has 0 fully saturated rings. The van der Waals surface area contributed by atoms with E-state index in [2.05, 4.69) is 21.2 Å². The summed E-state index contributed by atoms with van der Waals surface area (Å²) in [6.07, 6.45) is 1.46. The molecule has 0 radical (unpaired) electrons. The van der Waals surface area contributed by atoms with Gasteiger partial charge in [-0.3, -0.25) is 4.79 Å². The molecule has 246 valence electrons. The number of amides is 1. The number of hydrazone groups is 1. The van der Waals surface area contributed by atoms with E-state index < -0.39 is 17.9 Å². The Morgan fingerprint density at radius 2 is 1.64 bits per heavy atom. The van der Waals surface area contributed by atoms with E-state index in [4.69, 9.17) is 35.9 Å². The second kappa shape index (κ2) is 16.8. The molecule has 0 bridgehead atoms. The second-order valence-corrected chi connectivity index (χ2v) is 10.4. The third-order valence-electron chi connectivity index (χ3n) is 6.80. The Kier molecular flexibility index (Phi) is 12.3. The molecule has 1 atom stereocenters. The Morgan fingerprint density at radius 3 is 2.36 bits per heavy atom. The molecule has 47 heavy (non-hydrogen) atoms. The van der Waals surface area contributed by atoms with Gasteiger partial charge in [-0.25, -0.2) is 15.0 Å². The molecular weight excluding hydrogens is 624 g/mol. The first-order valence-electron chi connectivity index (χ1n) is 14.8. The van der Waals surface area contributed by atoms with Crippen LogP contribution in [0.5, 0.6) is 17.2 Å². The maximum Gasteiger partial charge on any atom is 0.338 e. The van der Waals surface area contributed by atoms with Crippen molar-refractivity contribution in [3.05, 3.63) is 100 Å². The Balaban J connectivity index is 1.34. The lowest BCUT2D eigenvalue weighted by Gasteiger charge is -2.30. The van der Waals surface area contributed by atoms with Crippen LogP contribution in [-0.4, -0.2) is 56.1 Å². The summed E-state index contributed by atoms with van der Waals surface area (Å²) in [4.78, 5) is 37.2. The number of esters is 2. The van der Waals surface area contributed by atoms with E-state index in [1.807, 2.05) is 0 Å². The molecule has 0 aromatic heterocycles. The summed E-state index contributed by atoms with van der Waals surface area (Å²) < 4.78 is 27.5. The molecule has 0 unspecified atom stereocenters. The summed E-state index contributed by atoms with van der Waals surface area (Å²) in [7, 11) is 1.52. The van der Waals surface area contributed by atoms with Crippen LogP contribution >= 0.6 is 12.2 Å². The number of hydrogen-bond acceptors (Lipinski definition) is 10. The second-order valence-electron chi connectivity index (χ2n) is 10.0. The van der Waals surface area contributed by atoms with Gasteiger partial charge in [-0.2, -0.15) is 5.10 Å². The number of carbonyl (C=O) groups excluding carboxylic acids is 3. The first kappa shape index (κ1) is 34.4. The average molecular weight is 661 g/mol. The third kappa shape index (κ3) is 9.30. The highest BCUT2D eigenvalue weighted by molar-refractivity contribution is 7.80. The van der Waals surface area contributed by atoms with Crippen LogP contribution in [0.3, 0.4) is 0 Å². The number of nitrogens with zero attached hydrogens (tertiary/aromatic N) is 1. The number of para-hydroxylation sites is 1. The van der Waals surface area contributed by atoms with Gasteiger partial charge in [-0.05, 0) is 80.5 Å². The summed E-state index contributed by atoms with van der Waals surface area (Å²) in [5.74, 6) is 0.0120. The maximum absolute atomic E-state index is 12.8. The van der Waals surface area contributed by atoms with E-state index >= 15 is 0 Å². The van der Waals surface area contributed by atoms with Crippen LogP contribution in [-0.2, 0) is 25.7 Å². The Hall–Kier alpha value is -5.43. The van der Waals surface area contributed by atoms with E-state index in [-0.39, 0.29) is 25.8 Å². The molecule has 1 heterocycles. The van der Waals surface area contributed by atoms with Crippen molar-refractivity contribution in [2.45, 2.75) is 33.4 Å². The predicted octanol–water partition coefficient (Wildman–Crippen LogP) is 4.34. The molecule has 12 nitrogen and oxygen atoms in total. The van der Waals surface area contributed by atoms with Gasteiger partial charge in [0.2, 0.25) is 0 Å². The minimum Gasteiger partial charge on any atom is -0.493 e. The van der Waals surface area contributed by atoms with Crippen molar-refractivity contribution >= 4 is 41.4 Å². The van der Waals surface area contributed by atoms with Crippen molar-refractivity contribution in [3.63, 3.8) is 0 Å². The van der Waals surface area contributed by atoms with Gasteiger partial charge in [-0.1, -0.05) is 30.3 Å². The zero-order valence-electron chi connectivity index (χ0n) is 26.5. The number of rotatable bonds is 14. The summed E-state index contributed by atoms with van der Waals surface area (Å²) in [5, 5.41) is 10.4. The number of hydrogen-bond donors (Lipinski definition) is 3. The van der Waals surface area contributed by atoms with Crippen molar-refractivity contribution < 1.29 is 38.1 Å². The fourth-order valence-corrected chi connectivity index (χ4v) is 4.88. The number of carbonyl (C=O) groups is 3. The highest BCUT2D eigenvalue weighted by Crippen LogP contribution is 2.33. The molecular formula is C34H36N4O8S. The van der Waals surface area contributed by atoms with Gasteiger partial charge in [0.05, 0.1) is 43.7 Å². The molecule has 13 heteroatoms. The van der Waals surface area contributed by atoms with Crippen molar-refractivity contribution in [1.29, 1.82) is 0 Å². The van der Waals surface area contributed by atoms with Gasteiger partial charge in [0.25, 0.3) is 5.91 Å². The van der Waals surface area contributed by atoms with Gasteiger partial charge >= 0.3 is 11.9 Å². The van der Waals surface area contributed by atoms with Crippen molar-refractivity contribution in [1.82, 2.24) is 16.1 Å². The lowest BCUT2D eigenvalue weighted by molar-refractivity contribution is -0.139. The minimum atomic E-state index is -0.640. The molecule has 3 aromatic carbocycles. The highest BCUT2D eigenvalue weighted by Gasteiger charge is 2.32. The van der Waals surface area contributed by atoms with E-state index in [1.54, 1.807) is 87.5 Å². The maximum atomic E-state index is 12.8. The summed E-state index contributed by atoms with van der Waals surface area (Å²) >= 11 is 5.32. The Bertz CT molecular complexity index is 1670. The van der Waals surface area contributed by atoms with Crippen molar-refractivity contribution in [3.8, 4) is 17.2 Å². The number of thiocarbonyl (C=S) groups is 1. The molecule has 4 rings (SSSR count). The van der Waals surface area contributed by atoms with E-state index in [9.17, 15) is 14.4 Å². The smallest absolute Gasteiger partial charge is 0.338 e. The fraction of sp³-hybridized carbons (Fsp3) is 0.265. The first-order valence-corrected chi connectivity index (χ1v) is 15.2. The van der Waals surface area contributed by atoms with Gasteiger partial charge in [0.15, 0.2) is 23.2 Å². The van der Waals surface area contributed by atoms with Gasteiger partial charge in [-0.15, -0.1) is 0 Å². The number of benzene rings is 3. The van der Waals surface area contributed by atoms with Crippen LogP contribution in [0.15, 0.2) is 83.1 Å². The number of nitrogens with one attached hydrogen (secondary N) is 3. The normalized spacial score (nSPS) is 14.1. The fourth-order valence-electron chi connectivity index (χ4n) is 4.61. The average Bonchev–Trinajstić information content (AvgIpc) is 3.06. The third-order valence-corrected chi connectivity index (χ3v) is 7.02. The molecule has 0 saturated heterocycles. The molecule has 1 amide bonds. The van der Waals surface area contributed by atoms with Crippen LogP contribution in [0.25, 0.3) is 0 Å². The molecule has 3 N–H and O–H groups in total. The van der Waals surface area contributed by atoms with Crippen LogP contribution in [0.1, 0.15) is 53.9 Å². The monoisotopic (exact) mass is 660 g/mol. The van der Waals surface area contributed by atoms with Crippen molar-refractivity contribution in [2.75, 3.05) is 26.9 Å². The largest absolute Gasteiger partial charge is 0.493 e. The summed E-state index contributed by atoms with van der Waals surface area (Å²) in [6.45, 7) is 5.68. The van der Waals surface area contributed by atoms with Crippen molar-refractivity contribution in [2.24, 2.45) is 5.10 Å². The van der Waals surface area contributed by atoms with Crippen LogP contribution < -0.4 is 30.3 Å². The molecule has 1 aliphatic heterocycles. The number of methoxy groups -OCH3 is 1. The zero-order valence-corrected chi connectivity index (χ0v) is 27.3. The van der Waals surface area contributed by atoms with Crippen LogP contribution in [0.2, 0.25) is 0 Å². The summed E-state index contributed by atoms with van der Waals surface area (Å²) in [6, 6.07) is 18.6. The van der Waals surface area contributed by atoms with Gasteiger partial charge in [0.1, 0.15) is 12.4 Å². The van der Waals surface area contributed by atoms with Gasteiger partial charge < -0.3 is 34.3 Å². The lowest BCUT2D eigenvalue weighted by atomic mass is 9.95. The number of ether oxygens (including phenoxy) is 5. The minimum absolute atomic E-state index is 0.214. The van der Waals surface area contributed by atoms with Crippen LogP contribution in [0, 0.1) is 0 Å². The highest BCUT2D eigenvalue weighted by atomic mass is 32.1. The molecule has 1 aliphatic rings. The summed E-state index contributed by atoms with van der Waals surface area (Å²) in [5.41, 5.74) is 5.97. The lowest BCUT2D eigenvalue weighted by Crippen LogP contribution is -2.45. The topological polar surface area (TPSA) is 146 Å². The standard InChI is InChI=1S/C34H36N4O8S/c1-5-43-32(40)24-14-11-22(12-15-24)19-45-27-16-13-23(17-28(27)42-4)18-35-38-29(39)20-46-26-10-8-7-9-25(26)31-30(33(41)44-6-2)21(3)36-34(47)37-31/h7-18,31H,5-6,19-20H2,1-4H3,(H,38,39)(H2,36,37,47)/t31-/m0/s1.